The van der Waals surface area contributed by atoms with Crippen LogP contribution in [0.5, 0.6) is 5.75 Å². The van der Waals surface area contributed by atoms with Crippen LogP contribution in [0.25, 0.3) is 0 Å². The molecule has 1 atom stereocenters. The highest BCUT2D eigenvalue weighted by molar-refractivity contribution is 5.54. The largest absolute Gasteiger partial charge is 0.508 e. The summed E-state index contributed by atoms with van der Waals surface area (Å²) in [7, 11) is 0. The van der Waals surface area contributed by atoms with E-state index in [4.69, 9.17) is 4.74 Å². The second kappa shape index (κ2) is 8.88. The molecule has 1 aromatic carbocycles. The fraction of sp³-hybridized carbons (Fsp3) is 0.700. The van der Waals surface area contributed by atoms with Crippen molar-refractivity contribution in [1.29, 1.82) is 0 Å². The van der Waals surface area contributed by atoms with E-state index in [1.807, 2.05) is 6.07 Å². The van der Waals surface area contributed by atoms with E-state index in [-0.39, 0.29) is 6.04 Å². The number of benzene rings is 1. The van der Waals surface area contributed by atoms with E-state index in [9.17, 15) is 5.11 Å². The topological polar surface area (TPSA) is 48.0 Å². The lowest BCUT2D eigenvalue weighted by Gasteiger charge is -2.41. The Kier molecular flexibility index (Phi) is 6.57. The number of nitrogens with zero attached hydrogens (tertiary/aromatic N) is 2. The molecule has 0 amide bonds. The summed E-state index contributed by atoms with van der Waals surface area (Å²) in [4.78, 5) is 4.83. The van der Waals surface area contributed by atoms with E-state index in [2.05, 4.69) is 41.1 Å². The van der Waals surface area contributed by atoms with Crippen molar-refractivity contribution in [2.24, 2.45) is 5.92 Å². The van der Waals surface area contributed by atoms with E-state index in [1.54, 1.807) is 0 Å². The molecule has 0 radical (unpaired) electrons. The predicted molar refractivity (Wildman–Crippen MR) is 102 cm³/mol. The number of anilines is 1. The van der Waals surface area contributed by atoms with Crippen molar-refractivity contribution in [3.8, 4) is 5.75 Å². The lowest BCUT2D eigenvalue weighted by Crippen LogP contribution is -2.47. The second-order valence-electron chi connectivity index (χ2n) is 7.10. The lowest BCUT2D eigenvalue weighted by molar-refractivity contribution is 0.0206. The number of aromatic hydroxyl groups is 1. The Balaban J connectivity index is 1.89. The number of hydrogen-bond acceptors (Lipinski definition) is 5. The molecule has 5 heteroatoms. The van der Waals surface area contributed by atoms with Crippen LogP contribution in [0.2, 0.25) is 0 Å². The van der Waals surface area contributed by atoms with Gasteiger partial charge in [0.15, 0.2) is 0 Å². The third kappa shape index (κ3) is 4.27. The van der Waals surface area contributed by atoms with Gasteiger partial charge in [-0.1, -0.05) is 6.07 Å². The molecule has 140 valence electrons. The van der Waals surface area contributed by atoms with E-state index in [0.29, 0.717) is 11.7 Å². The summed E-state index contributed by atoms with van der Waals surface area (Å²) in [5, 5.41) is 14.3. The maximum absolute atomic E-state index is 10.9. The van der Waals surface area contributed by atoms with Crippen molar-refractivity contribution in [3.05, 3.63) is 23.8 Å². The van der Waals surface area contributed by atoms with E-state index >= 15 is 0 Å². The minimum absolute atomic E-state index is 0.289. The van der Waals surface area contributed by atoms with Crippen LogP contribution >= 0.6 is 0 Å². The number of piperazine rings is 1. The third-order valence-electron chi connectivity index (χ3n) is 5.72. The molecule has 2 saturated heterocycles. The van der Waals surface area contributed by atoms with Gasteiger partial charge in [0, 0.05) is 75.8 Å². The summed E-state index contributed by atoms with van der Waals surface area (Å²) >= 11 is 0. The summed E-state index contributed by atoms with van der Waals surface area (Å²) in [6.45, 7) is 12.0. The summed E-state index contributed by atoms with van der Waals surface area (Å²) in [6.07, 6.45) is 2.15. The number of phenols is 1. The van der Waals surface area contributed by atoms with Crippen LogP contribution in [0.15, 0.2) is 18.2 Å². The van der Waals surface area contributed by atoms with E-state index in [1.165, 1.54) is 0 Å². The molecule has 3 rings (SSSR count). The molecule has 1 aromatic rings. The van der Waals surface area contributed by atoms with Gasteiger partial charge in [-0.25, -0.2) is 0 Å². The Morgan fingerprint density at radius 2 is 1.88 bits per heavy atom. The Morgan fingerprint density at radius 3 is 2.48 bits per heavy atom. The van der Waals surface area contributed by atoms with Gasteiger partial charge in [-0.15, -0.1) is 0 Å². The van der Waals surface area contributed by atoms with Gasteiger partial charge in [-0.3, -0.25) is 4.90 Å². The van der Waals surface area contributed by atoms with Gasteiger partial charge in [0.05, 0.1) is 0 Å². The first-order valence-corrected chi connectivity index (χ1v) is 9.85. The molecule has 2 aliphatic heterocycles. The molecule has 0 unspecified atom stereocenters. The van der Waals surface area contributed by atoms with Crippen LogP contribution in [0.4, 0.5) is 5.69 Å². The molecule has 0 saturated carbocycles. The molecule has 0 bridgehead atoms. The standard InChI is InChI=1S/C20H33N3O2/c1-3-22(4-2)17-5-6-18(19(24)15-17)20(16-7-13-25-14-8-16)23-11-9-21-10-12-23/h5-6,15-16,20-21,24H,3-4,7-14H2,1-2H3/t20-/m1/s1. The Morgan fingerprint density at radius 1 is 1.20 bits per heavy atom. The van der Waals surface area contributed by atoms with Crippen LogP contribution in [-0.2, 0) is 4.74 Å². The monoisotopic (exact) mass is 347 g/mol. The molecular formula is C20H33N3O2. The third-order valence-corrected chi connectivity index (χ3v) is 5.72. The highest BCUT2D eigenvalue weighted by atomic mass is 16.5. The normalized spacial score (nSPS) is 21.2. The highest BCUT2D eigenvalue weighted by Gasteiger charge is 2.33. The summed E-state index contributed by atoms with van der Waals surface area (Å²) < 4.78 is 5.58. The highest BCUT2D eigenvalue weighted by Crippen LogP contribution is 2.40. The molecule has 2 heterocycles. The molecule has 25 heavy (non-hydrogen) atoms. The van der Waals surface area contributed by atoms with Crippen LogP contribution in [0.1, 0.15) is 38.3 Å². The minimum Gasteiger partial charge on any atom is -0.508 e. The maximum atomic E-state index is 10.9. The predicted octanol–water partition coefficient (Wildman–Crippen LogP) is 2.61. The fourth-order valence-electron chi connectivity index (χ4n) is 4.31. The zero-order valence-electron chi connectivity index (χ0n) is 15.7. The van der Waals surface area contributed by atoms with Crippen molar-refractivity contribution in [2.45, 2.75) is 32.7 Å². The van der Waals surface area contributed by atoms with Gasteiger partial charge in [0.1, 0.15) is 5.75 Å². The maximum Gasteiger partial charge on any atom is 0.122 e. The average Bonchev–Trinajstić information content (AvgIpc) is 2.66. The van der Waals surface area contributed by atoms with Crippen LogP contribution < -0.4 is 10.2 Å². The first-order valence-electron chi connectivity index (χ1n) is 9.85. The molecular weight excluding hydrogens is 314 g/mol. The SMILES string of the molecule is CCN(CC)c1ccc([C@@H](C2CCOCC2)N2CCNCC2)c(O)c1. The van der Waals surface area contributed by atoms with Crippen molar-refractivity contribution >= 4 is 5.69 Å². The number of phenolic OH excluding ortho intramolecular Hbond substituents is 1. The van der Waals surface area contributed by atoms with Crippen molar-refractivity contribution in [3.63, 3.8) is 0 Å². The fourth-order valence-corrected chi connectivity index (χ4v) is 4.31. The summed E-state index contributed by atoms with van der Waals surface area (Å²) in [5.74, 6) is 0.997. The van der Waals surface area contributed by atoms with Crippen LogP contribution in [-0.4, -0.2) is 62.5 Å². The molecule has 2 aliphatic rings. The first-order chi connectivity index (χ1) is 12.2. The Bertz CT molecular complexity index is 518. The smallest absolute Gasteiger partial charge is 0.122 e. The number of hydrogen-bond donors (Lipinski definition) is 2. The zero-order valence-corrected chi connectivity index (χ0v) is 15.7. The van der Waals surface area contributed by atoms with Gasteiger partial charge >= 0.3 is 0 Å². The summed E-state index contributed by atoms with van der Waals surface area (Å²) in [5.41, 5.74) is 2.20. The minimum atomic E-state index is 0.289. The lowest BCUT2D eigenvalue weighted by atomic mass is 9.85. The van der Waals surface area contributed by atoms with Crippen molar-refractivity contribution < 1.29 is 9.84 Å². The quantitative estimate of drug-likeness (QED) is 0.828. The summed E-state index contributed by atoms with van der Waals surface area (Å²) in [6, 6.07) is 6.58. The van der Waals surface area contributed by atoms with E-state index in [0.717, 1.165) is 76.6 Å². The van der Waals surface area contributed by atoms with Crippen molar-refractivity contribution in [2.75, 3.05) is 57.4 Å². The second-order valence-corrected chi connectivity index (χ2v) is 7.10. The van der Waals surface area contributed by atoms with Crippen molar-refractivity contribution in [1.82, 2.24) is 10.2 Å². The van der Waals surface area contributed by atoms with Gasteiger partial charge < -0.3 is 20.1 Å². The van der Waals surface area contributed by atoms with Crippen LogP contribution in [0, 0.1) is 5.92 Å². The van der Waals surface area contributed by atoms with Gasteiger partial charge in [0.25, 0.3) is 0 Å². The van der Waals surface area contributed by atoms with Gasteiger partial charge in [-0.2, -0.15) is 0 Å². The molecule has 0 spiro atoms. The Labute approximate surface area is 152 Å². The molecule has 5 nitrogen and oxygen atoms in total. The zero-order chi connectivity index (χ0) is 17.6. The van der Waals surface area contributed by atoms with Gasteiger partial charge in [-0.05, 0) is 38.7 Å². The van der Waals surface area contributed by atoms with E-state index < -0.39 is 0 Å². The number of ether oxygens (including phenoxy) is 1. The number of nitrogens with one attached hydrogen (secondary N) is 1. The first kappa shape index (κ1) is 18.5. The Hall–Kier alpha value is -1.30. The molecule has 0 aliphatic carbocycles. The van der Waals surface area contributed by atoms with Gasteiger partial charge in [0.2, 0.25) is 0 Å². The van der Waals surface area contributed by atoms with Crippen LogP contribution in [0.3, 0.4) is 0 Å². The molecule has 2 fully saturated rings. The average molecular weight is 348 g/mol. The molecule has 0 aromatic heterocycles. The number of rotatable bonds is 6. The molecule has 2 N–H and O–H groups in total.